The van der Waals surface area contributed by atoms with E-state index in [1.54, 1.807) is 0 Å². The molecule has 0 N–H and O–H groups in total. The van der Waals surface area contributed by atoms with Crippen molar-refractivity contribution in [2.24, 2.45) is 0 Å². The number of hydrogen-bond acceptors (Lipinski definition) is 2. The SMILES string of the molecule is c1cc(-c2ccc3cc(N(c4ccc(-c5ccc(-c6cccc7ccccc67)cc5)cc4)c4ccc(-c5ccc6c(ccc7ccccc76)c5)cc4)ccc3c2)cc(-c2cc3ccccc3o2)c1. The van der Waals surface area contributed by atoms with E-state index in [-0.39, 0.29) is 0 Å². The van der Waals surface area contributed by atoms with Crippen LogP contribution >= 0.6 is 0 Å². The van der Waals surface area contributed by atoms with Gasteiger partial charge in [0.15, 0.2) is 0 Å². The van der Waals surface area contributed by atoms with Gasteiger partial charge < -0.3 is 9.32 Å². The molecule has 13 rings (SSSR count). The number of furan rings is 1. The van der Waals surface area contributed by atoms with E-state index in [2.05, 4.69) is 248 Å². The Kier molecular flexibility index (Phi) is 9.54. The van der Waals surface area contributed by atoms with E-state index in [9.17, 15) is 0 Å². The van der Waals surface area contributed by atoms with E-state index >= 15 is 0 Å². The maximum absolute atomic E-state index is 6.24. The van der Waals surface area contributed by atoms with Crippen LogP contribution in [-0.4, -0.2) is 0 Å². The third-order valence-electron chi connectivity index (χ3n) is 13.6. The van der Waals surface area contributed by atoms with Crippen molar-refractivity contribution in [2.45, 2.75) is 0 Å². The van der Waals surface area contributed by atoms with Gasteiger partial charge in [-0.3, -0.25) is 0 Å². The van der Waals surface area contributed by atoms with Gasteiger partial charge in [0.25, 0.3) is 0 Å². The third-order valence-corrected chi connectivity index (χ3v) is 13.6. The Balaban J connectivity index is 0.843. The van der Waals surface area contributed by atoms with Crippen molar-refractivity contribution >= 4 is 71.1 Å². The Morgan fingerprint density at radius 2 is 0.706 bits per heavy atom. The van der Waals surface area contributed by atoms with E-state index in [0.29, 0.717) is 0 Å². The van der Waals surface area contributed by atoms with E-state index in [1.807, 2.05) is 18.2 Å². The smallest absolute Gasteiger partial charge is 0.135 e. The normalized spacial score (nSPS) is 11.5. The zero-order valence-corrected chi connectivity index (χ0v) is 37.2. The van der Waals surface area contributed by atoms with Gasteiger partial charge in [0.2, 0.25) is 0 Å². The quantitative estimate of drug-likeness (QED) is 0.142. The van der Waals surface area contributed by atoms with E-state index in [1.165, 1.54) is 82.0 Å². The van der Waals surface area contributed by atoms with Crippen LogP contribution in [0.2, 0.25) is 0 Å². The summed E-state index contributed by atoms with van der Waals surface area (Å²) in [5, 5.41) is 11.1. The Hall–Kier alpha value is -8.98. The molecule has 0 saturated carbocycles. The largest absolute Gasteiger partial charge is 0.456 e. The fourth-order valence-electron chi connectivity index (χ4n) is 10.1. The highest BCUT2D eigenvalue weighted by Crippen LogP contribution is 2.40. The number of nitrogens with zero attached hydrogens (tertiary/aromatic N) is 1. The lowest BCUT2D eigenvalue weighted by atomic mass is 9.96. The standard InChI is InChI=1S/C66H43NO/c1-4-15-61-47(9-1)12-8-17-63(61)49-21-19-44(20-22-49)45-27-33-58(34-28-45)67(59-35-29-46(30-36-59)51-32-38-64-55(40-51)26-23-48-10-2-5-16-62(48)64)60-37-31-53-39-52(24-25-54(53)42-60)50-13-7-14-56(41-50)66-43-57-11-3-6-18-65(57)68-66/h1-43H. The molecule has 0 atom stereocenters. The van der Waals surface area contributed by atoms with Crippen molar-refractivity contribution in [3.8, 4) is 55.8 Å². The van der Waals surface area contributed by atoms with Crippen LogP contribution in [0.4, 0.5) is 17.1 Å². The minimum Gasteiger partial charge on any atom is -0.456 e. The van der Waals surface area contributed by atoms with Crippen LogP contribution in [0.3, 0.4) is 0 Å². The Morgan fingerprint density at radius 1 is 0.235 bits per heavy atom. The molecule has 1 heterocycles. The Bertz CT molecular complexity index is 3970. The first-order valence-corrected chi connectivity index (χ1v) is 23.3. The number of anilines is 3. The third kappa shape index (κ3) is 7.17. The van der Waals surface area contributed by atoms with Crippen molar-refractivity contribution < 1.29 is 4.42 Å². The number of para-hydroxylation sites is 1. The summed E-state index contributed by atoms with van der Waals surface area (Å²) in [6.45, 7) is 0. The zero-order valence-electron chi connectivity index (χ0n) is 37.2. The number of rotatable bonds is 8. The molecule has 0 spiro atoms. The average Bonchev–Trinajstić information content (AvgIpc) is 3.86. The second-order valence-corrected chi connectivity index (χ2v) is 17.7. The maximum atomic E-state index is 6.24. The molecule has 2 nitrogen and oxygen atoms in total. The van der Waals surface area contributed by atoms with Crippen molar-refractivity contribution in [1.82, 2.24) is 0 Å². The van der Waals surface area contributed by atoms with Crippen LogP contribution in [0, 0.1) is 0 Å². The molecule has 318 valence electrons. The van der Waals surface area contributed by atoms with Crippen LogP contribution in [0.15, 0.2) is 265 Å². The summed E-state index contributed by atoms with van der Waals surface area (Å²) in [4.78, 5) is 2.37. The van der Waals surface area contributed by atoms with Gasteiger partial charge in [-0.25, -0.2) is 0 Å². The molecule has 0 saturated heterocycles. The number of fused-ring (bicyclic) bond motifs is 6. The van der Waals surface area contributed by atoms with Crippen LogP contribution in [-0.2, 0) is 0 Å². The lowest BCUT2D eigenvalue weighted by Crippen LogP contribution is -2.09. The lowest BCUT2D eigenvalue weighted by Gasteiger charge is -2.26. The molecular weight excluding hydrogens is 823 g/mol. The van der Waals surface area contributed by atoms with Gasteiger partial charge in [0, 0.05) is 28.0 Å². The predicted octanol–water partition coefficient (Wildman–Crippen LogP) is 18.9. The fraction of sp³-hybridized carbons (Fsp3) is 0. The number of benzene rings is 12. The second kappa shape index (κ2) is 16.5. The molecule has 2 heteroatoms. The van der Waals surface area contributed by atoms with Gasteiger partial charge >= 0.3 is 0 Å². The first-order valence-electron chi connectivity index (χ1n) is 23.3. The van der Waals surface area contributed by atoms with Gasteiger partial charge in [-0.1, -0.05) is 194 Å². The molecule has 1 aromatic heterocycles. The summed E-state index contributed by atoms with van der Waals surface area (Å²) in [6, 6.07) is 94.5. The summed E-state index contributed by atoms with van der Waals surface area (Å²) in [5.41, 5.74) is 14.8. The average molecular weight is 866 g/mol. The van der Waals surface area contributed by atoms with Crippen molar-refractivity contribution in [2.75, 3.05) is 4.90 Å². The van der Waals surface area contributed by atoms with Crippen molar-refractivity contribution in [3.05, 3.63) is 261 Å². The van der Waals surface area contributed by atoms with Crippen LogP contribution < -0.4 is 4.90 Å². The minimum absolute atomic E-state index is 0.875. The first kappa shape index (κ1) is 39.4. The summed E-state index contributed by atoms with van der Waals surface area (Å²) >= 11 is 0. The van der Waals surface area contributed by atoms with Crippen LogP contribution in [0.1, 0.15) is 0 Å². The van der Waals surface area contributed by atoms with Crippen molar-refractivity contribution in [1.29, 1.82) is 0 Å². The molecular formula is C66H43NO. The topological polar surface area (TPSA) is 16.4 Å². The summed E-state index contributed by atoms with van der Waals surface area (Å²) < 4.78 is 6.24. The molecule has 0 aliphatic rings. The highest BCUT2D eigenvalue weighted by molar-refractivity contribution is 6.08. The lowest BCUT2D eigenvalue weighted by molar-refractivity contribution is 0.631. The monoisotopic (exact) mass is 865 g/mol. The first-order chi connectivity index (χ1) is 33.6. The van der Waals surface area contributed by atoms with Crippen LogP contribution in [0.25, 0.3) is 110 Å². The zero-order chi connectivity index (χ0) is 45.0. The highest BCUT2D eigenvalue weighted by atomic mass is 16.3. The Labute approximate surface area is 395 Å². The van der Waals surface area contributed by atoms with Gasteiger partial charge in [0.05, 0.1) is 0 Å². The molecule has 12 aromatic carbocycles. The van der Waals surface area contributed by atoms with Gasteiger partial charge in [-0.15, -0.1) is 0 Å². The fourth-order valence-corrected chi connectivity index (χ4v) is 10.1. The van der Waals surface area contributed by atoms with Crippen molar-refractivity contribution in [3.63, 3.8) is 0 Å². The molecule has 0 unspecified atom stereocenters. The highest BCUT2D eigenvalue weighted by Gasteiger charge is 2.16. The Morgan fingerprint density at radius 3 is 1.49 bits per heavy atom. The second-order valence-electron chi connectivity index (χ2n) is 17.7. The van der Waals surface area contributed by atoms with E-state index in [4.69, 9.17) is 4.42 Å². The molecule has 0 amide bonds. The van der Waals surface area contributed by atoms with Gasteiger partial charge in [-0.05, 0) is 154 Å². The van der Waals surface area contributed by atoms with Gasteiger partial charge in [-0.2, -0.15) is 0 Å². The summed E-state index contributed by atoms with van der Waals surface area (Å²) in [5.74, 6) is 0.875. The number of hydrogen-bond donors (Lipinski definition) is 0. The predicted molar refractivity (Wildman–Crippen MR) is 288 cm³/mol. The molecule has 68 heavy (non-hydrogen) atoms. The molecule has 0 radical (unpaired) electrons. The van der Waals surface area contributed by atoms with Gasteiger partial charge in [0.1, 0.15) is 11.3 Å². The molecule has 0 bridgehead atoms. The molecule has 0 fully saturated rings. The maximum Gasteiger partial charge on any atom is 0.135 e. The molecule has 0 aliphatic heterocycles. The summed E-state index contributed by atoms with van der Waals surface area (Å²) in [7, 11) is 0. The molecule has 0 aliphatic carbocycles. The summed E-state index contributed by atoms with van der Waals surface area (Å²) in [6.07, 6.45) is 0. The van der Waals surface area contributed by atoms with E-state index < -0.39 is 0 Å². The van der Waals surface area contributed by atoms with Crippen LogP contribution in [0.5, 0.6) is 0 Å². The van der Waals surface area contributed by atoms with E-state index in [0.717, 1.165) is 44.9 Å². The molecule has 13 aromatic rings. The minimum atomic E-state index is 0.875.